The number of para-hydroxylation sites is 1. The third-order valence-corrected chi connectivity index (χ3v) is 10.4. The van der Waals surface area contributed by atoms with Crippen molar-refractivity contribution in [2.75, 3.05) is 4.90 Å². The van der Waals surface area contributed by atoms with Crippen molar-refractivity contribution >= 4 is 59.3 Å². The minimum atomic E-state index is 1.12. The maximum absolute atomic E-state index is 2.35. The van der Waals surface area contributed by atoms with Gasteiger partial charge in [0.25, 0.3) is 0 Å². The van der Waals surface area contributed by atoms with Crippen LogP contribution in [0.15, 0.2) is 188 Å². The number of hydrogen-bond acceptors (Lipinski definition) is 2. The zero-order valence-corrected chi connectivity index (χ0v) is 27.1. The Hall–Kier alpha value is -5.96. The first-order valence-electron chi connectivity index (χ1n) is 16.3. The monoisotopic (exact) mass is 629 g/mol. The van der Waals surface area contributed by atoms with Gasteiger partial charge in [-0.1, -0.05) is 127 Å². The first kappa shape index (κ1) is 28.3. The van der Waals surface area contributed by atoms with Crippen molar-refractivity contribution in [2.24, 2.45) is 0 Å². The van der Waals surface area contributed by atoms with E-state index in [9.17, 15) is 0 Å². The molecule has 0 saturated heterocycles. The van der Waals surface area contributed by atoms with E-state index in [4.69, 9.17) is 0 Å². The Kier molecular flexibility index (Phi) is 7.07. The molecule has 226 valence electrons. The number of nitrogens with zero attached hydrogens (tertiary/aromatic N) is 1. The second kappa shape index (κ2) is 12.0. The number of benzene rings is 8. The molecule has 0 fully saturated rings. The second-order valence-corrected chi connectivity index (χ2v) is 13.3. The van der Waals surface area contributed by atoms with Gasteiger partial charge in [-0.05, 0) is 105 Å². The fourth-order valence-corrected chi connectivity index (χ4v) is 7.92. The van der Waals surface area contributed by atoms with Crippen LogP contribution in [0.2, 0.25) is 0 Å². The van der Waals surface area contributed by atoms with Crippen LogP contribution in [0.25, 0.3) is 64.3 Å². The molecule has 0 aliphatic carbocycles. The molecule has 1 aromatic heterocycles. The van der Waals surface area contributed by atoms with Crippen LogP contribution in [0, 0.1) is 0 Å². The van der Waals surface area contributed by atoms with Crippen LogP contribution in [-0.4, -0.2) is 0 Å². The molecule has 48 heavy (non-hydrogen) atoms. The average molecular weight is 630 g/mol. The fourth-order valence-electron chi connectivity index (χ4n) is 6.79. The fraction of sp³-hybridized carbons (Fsp3) is 0. The van der Waals surface area contributed by atoms with Crippen LogP contribution < -0.4 is 4.90 Å². The predicted octanol–water partition coefficient (Wildman–Crippen LogP) is 13.7. The molecule has 0 aliphatic heterocycles. The van der Waals surface area contributed by atoms with Crippen LogP contribution in [0.5, 0.6) is 0 Å². The minimum Gasteiger partial charge on any atom is -0.310 e. The molecule has 1 heterocycles. The van der Waals surface area contributed by atoms with Gasteiger partial charge in [0.15, 0.2) is 0 Å². The molecule has 0 spiro atoms. The molecular formula is C46H31NS. The highest BCUT2D eigenvalue weighted by Crippen LogP contribution is 2.39. The Morgan fingerprint density at radius 2 is 0.833 bits per heavy atom. The summed E-state index contributed by atoms with van der Waals surface area (Å²) in [6.45, 7) is 0. The van der Waals surface area contributed by atoms with E-state index in [2.05, 4.69) is 193 Å². The summed E-state index contributed by atoms with van der Waals surface area (Å²) in [5.41, 5.74) is 10.6. The van der Waals surface area contributed by atoms with E-state index >= 15 is 0 Å². The topological polar surface area (TPSA) is 3.24 Å². The first-order chi connectivity index (χ1) is 23.8. The first-order valence-corrected chi connectivity index (χ1v) is 17.2. The summed E-state index contributed by atoms with van der Waals surface area (Å²) in [5.74, 6) is 0. The van der Waals surface area contributed by atoms with Gasteiger partial charge < -0.3 is 4.90 Å². The molecule has 9 rings (SSSR count). The summed E-state index contributed by atoms with van der Waals surface area (Å²) >= 11 is 1.87. The van der Waals surface area contributed by atoms with Gasteiger partial charge in [-0.2, -0.15) is 0 Å². The van der Waals surface area contributed by atoms with Gasteiger partial charge >= 0.3 is 0 Å². The van der Waals surface area contributed by atoms with Gasteiger partial charge in [-0.15, -0.1) is 11.3 Å². The number of fused-ring (bicyclic) bond motifs is 4. The molecule has 0 N–H and O–H groups in total. The van der Waals surface area contributed by atoms with Crippen molar-refractivity contribution in [2.45, 2.75) is 0 Å². The Morgan fingerprint density at radius 3 is 1.60 bits per heavy atom. The van der Waals surface area contributed by atoms with Crippen molar-refractivity contribution < 1.29 is 0 Å². The van der Waals surface area contributed by atoms with E-state index in [1.54, 1.807) is 0 Å². The van der Waals surface area contributed by atoms with E-state index < -0.39 is 0 Å². The van der Waals surface area contributed by atoms with Gasteiger partial charge in [-0.25, -0.2) is 0 Å². The lowest BCUT2D eigenvalue weighted by Gasteiger charge is -2.26. The number of anilines is 3. The van der Waals surface area contributed by atoms with Gasteiger partial charge in [0.2, 0.25) is 0 Å². The largest absolute Gasteiger partial charge is 0.310 e. The van der Waals surface area contributed by atoms with E-state index in [1.165, 1.54) is 64.3 Å². The normalized spacial score (nSPS) is 11.3. The molecule has 0 radical (unpaired) electrons. The van der Waals surface area contributed by atoms with E-state index in [1.807, 2.05) is 11.3 Å². The standard InChI is InChI=1S/C46H31NS/c1-3-10-32(11-4-1)33-18-20-34(21-19-33)36-12-9-15-42(29-36)47(40-13-5-2-6-14-40)41-26-24-35(25-27-41)37-22-23-38-30-44-43-16-7-8-17-45(43)48-46(44)31-39(38)28-37/h1-31H. The van der Waals surface area contributed by atoms with Crippen molar-refractivity contribution in [1.29, 1.82) is 0 Å². The van der Waals surface area contributed by atoms with Gasteiger partial charge in [-0.3, -0.25) is 0 Å². The zero-order valence-electron chi connectivity index (χ0n) is 26.3. The third-order valence-electron chi connectivity index (χ3n) is 9.24. The summed E-state index contributed by atoms with van der Waals surface area (Å²) in [7, 11) is 0. The van der Waals surface area contributed by atoms with Crippen molar-refractivity contribution in [3.63, 3.8) is 0 Å². The molecule has 0 saturated carbocycles. The maximum Gasteiger partial charge on any atom is 0.0467 e. The van der Waals surface area contributed by atoms with Crippen LogP contribution in [0.4, 0.5) is 17.1 Å². The summed E-state index contributed by atoms with van der Waals surface area (Å²) < 4.78 is 2.68. The molecule has 2 heteroatoms. The lowest BCUT2D eigenvalue weighted by atomic mass is 9.99. The molecule has 0 atom stereocenters. The Morgan fingerprint density at radius 1 is 0.292 bits per heavy atom. The highest BCUT2D eigenvalue weighted by Gasteiger charge is 2.14. The van der Waals surface area contributed by atoms with Gasteiger partial charge in [0.1, 0.15) is 0 Å². The minimum absolute atomic E-state index is 1.12. The highest BCUT2D eigenvalue weighted by atomic mass is 32.1. The van der Waals surface area contributed by atoms with Crippen LogP contribution >= 0.6 is 11.3 Å². The van der Waals surface area contributed by atoms with Gasteiger partial charge in [0.05, 0.1) is 0 Å². The number of thiophene rings is 1. The second-order valence-electron chi connectivity index (χ2n) is 12.2. The lowest BCUT2D eigenvalue weighted by molar-refractivity contribution is 1.28. The van der Waals surface area contributed by atoms with Crippen LogP contribution in [-0.2, 0) is 0 Å². The van der Waals surface area contributed by atoms with E-state index in [0.717, 1.165) is 17.1 Å². The lowest BCUT2D eigenvalue weighted by Crippen LogP contribution is -2.09. The molecule has 9 aromatic rings. The SMILES string of the molecule is c1ccc(-c2ccc(-c3cccc(N(c4ccccc4)c4ccc(-c5ccc6cc7c(cc6c5)sc5ccccc57)cc4)c3)cc2)cc1. The Labute approximate surface area is 284 Å². The van der Waals surface area contributed by atoms with Crippen LogP contribution in [0.1, 0.15) is 0 Å². The molecule has 0 aliphatic rings. The van der Waals surface area contributed by atoms with Crippen molar-refractivity contribution in [1.82, 2.24) is 0 Å². The smallest absolute Gasteiger partial charge is 0.0467 e. The Balaban J connectivity index is 1.05. The third kappa shape index (κ3) is 5.23. The molecule has 0 amide bonds. The summed E-state index contributed by atoms with van der Waals surface area (Å²) in [5, 5.41) is 5.23. The predicted molar refractivity (Wildman–Crippen MR) is 208 cm³/mol. The highest BCUT2D eigenvalue weighted by molar-refractivity contribution is 7.25. The molecule has 0 bridgehead atoms. The van der Waals surface area contributed by atoms with Gasteiger partial charge in [0, 0.05) is 37.2 Å². The Bertz CT molecular complexity index is 2530. The maximum atomic E-state index is 2.35. The molecule has 8 aromatic carbocycles. The molecule has 0 unspecified atom stereocenters. The quantitative estimate of drug-likeness (QED) is 0.177. The average Bonchev–Trinajstić information content (AvgIpc) is 3.52. The summed E-state index contributed by atoms with van der Waals surface area (Å²) in [6.07, 6.45) is 0. The number of hydrogen-bond donors (Lipinski definition) is 0. The van der Waals surface area contributed by atoms with E-state index in [0.29, 0.717) is 0 Å². The zero-order chi connectivity index (χ0) is 31.9. The molecule has 1 nitrogen and oxygen atoms in total. The summed E-state index contributed by atoms with van der Waals surface area (Å²) in [6, 6.07) is 68.1. The molecular weight excluding hydrogens is 599 g/mol. The van der Waals surface area contributed by atoms with Crippen molar-refractivity contribution in [3.05, 3.63) is 188 Å². The van der Waals surface area contributed by atoms with E-state index in [-0.39, 0.29) is 0 Å². The van der Waals surface area contributed by atoms with Crippen molar-refractivity contribution in [3.8, 4) is 33.4 Å². The number of rotatable bonds is 6. The van der Waals surface area contributed by atoms with Crippen LogP contribution in [0.3, 0.4) is 0 Å². The summed E-state index contributed by atoms with van der Waals surface area (Å²) in [4.78, 5) is 2.34.